The van der Waals surface area contributed by atoms with Crippen LogP contribution < -0.4 is 0 Å². The molecule has 4 saturated carbocycles. The summed E-state index contributed by atoms with van der Waals surface area (Å²) in [6, 6.07) is 0. The number of alkyl halides is 2. The van der Waals surface area contributed by atoms with E-state index in [9.17, 15) is 36.7 Å². The van der Waals surface area contributed by atoms with Crippen LogP contribution in [0.1, 0.15) is 44.9 Å². The maximum absolute atomic E-state index is 13.4. The Morgan fingerprint density at radius 1 is 1.05 bits per heavy atom. The van der Waals surface area contributed by atoms with Gasteiger partial charge in [0.15, 0.2) is 12.2 Å². The quantitative estimate of drug-likeness (QED) is 0.151. The van der Waals surface area contributed by atoms with Crippen LogP contribution >= 0.6 is 0 Å². The first-order valence-electron chi connectivity index (χ1n) is 12.7. The normalized spacial score (nSPS) is 43.5. The van der Waals surface area contributed by atoms with Crippen molar-refractivity contribution in [2.45, 2.75) is 91.4 Å². The summed E-state index contributed by atoms with van der Waals surface area (Å²) >= 11 is 0. The summed E-state index contributed by atoms with van der Waals surface area (Å²) in [5.74, 6) is -3.78. The number of esters is 3. The molecule has 0 aromatic rings. The first-order chi connectivity index (χ1) is 18.1. The zero-order chi connectivity index (χ0) is 28.0. The van der Waals surface area contributed by atoms with Crippen LogP contribution in [0.15, 0.2) is 0 Å². The van der Waals surface area contributed by atoms with Gasteiger partial charge in [-0.3, -0.25) is 9.35 Å². The van der Waals surface area contributed by atoms with Crippen LogP contribution in [0.3, 0.4) is 0 Å². The Morgan fingerprint density at radius 2 is 1.74 bits per heavy atom. The summed E-state index contributed by atoms with van der Waals surface area (Å²) in [6.45, 7) is -1.51. The van der Waals surface area contributed by atoms with Crippen molar-refractivity contribution in [1.29, 1.82) is 0 Å². The summed E-state index contributed by atoms with van der Waals surface area (Å²) in [7, 11) is -5.99. The third-order valence-corrected chi connectivity index (χ3v) is 9.59. The molecule has 0 spiro atoms. The average Bonchev–Trinajstić information content (AvgIpc) is 3.43. The fourth-order valence-electron chi connectivity index (χ4n) is 7.90. The van der Waals surface area contributed by atoms with Crippen molar-refractivity contribution in [3.05, 3.63) is 0 Å². The molecule has 4 aliphatic carbocycles. The number of halogens is 2. The van der Waals surface area contributed by atoms with Crippen molar-refractivity contribution in [2.75, 3.05) is 19.8 Å². The van der Waals surface area contributed by atoms with Gasteiger partial charge < -0.3 is 33.5 Å². The van der Waals surface area contributed by atoms with Gasteiger partial charge in [0.05, 0.1) is 35.4 Å². The third kappa shape index (κ3) is 4.52. The summed E-state index contributed by atoms with van der Waals surface area (Å²) < 4.78 is 89.5. The number of carbonyl (C=O) groups is 3. The van der Waals surface area contributed by atoms with Gasteiger partial charge in [-0.25, -0.2) is 9.59 Å². The van der Waals surface area contributed by atoms with Gasteiger partial charge in [0, 0.05) is 19.3 Å². The highest BCUT2D eigenvalue weighted by atomic mass is 32.2. The predicted molar refractivity (Wildman–Crippen MR) is 117 cm³/mol. The lowest BCUT2D eigenvalue weighted by Gasteiger charge is -2.64. The fourth-order valence-corrected chi connectivity index (χ4v) is 8.17. The Hall–Kier alpha value is -1.98. The minimum Gasteiger partial charge on any atom is -0.458 e. The van der Waals surface area contributed by atoms with Crippen LogP contribution in [0, 0.1) is 11.8 Å². The van der Waals surface area contributed by atoms with Crippen molar-refractivity contribution in [2.24, 2.45) is 11.8 Å². The van der Waals surface area contributed by atoms with E-state index >= 15 is 0 Å². The zero-order valence-corrected chi connectivity index (χ0v) is 21.4. The SMILES string of the molecule is O=C(COC12CC3CC(O)(CC(OCCOC(=O)C(F)(F)S(=O)(=O)O)(C3)C1)C2)OC1C2CC3C(=O)OC1C3O2. The molecule has 9 atom stereocenters. The van der Waals surface area contributed by atoms with Crippen molar-refractivity contribution >= 4 is 28.0 Å². The first-order valence-corrected chi connectivity index (χ1v) is 14.2. The average molecular weight is 583 g/mol. The van der Waals surface area contributed by atoms with E-state index in [1.165, 1.54) is 0 Å². The Bertz CT molecular complexity index is 1190. The molecule has 6 bridgehead atoms. The van der Waals surface area contributed by atoms with E-state index in [4.69, 9.17) is 28.2 Å². The third-order valence-electron chi connectivity index (χ3n) is 8.77. The molecule has 7 rings (SSSR count). The lowest BCUT2D eigenvalue weighted by molar-refractivity contribution is -0.281. The Morgan fingerprint density at radius 3 is 2.41 bits per heavy atom. The van der Waals surface area contributed by atoms with Crippen molar-refractivity contribution < 1.29 is 69.7 Å². The van der Waals surface area contributed by atoms with Gasteiger partial charge in [0.25, 0.3) is 0 Å². The van der Waals surface area contributed by atoms with Crippen LogP contribution in [-0.4, -0.2) is 102 Å². The van der Waals surface area contributed by atoms with Crippen LogP contribution in [0.25, 0.3) is 0 Å². The van der Waals surface area contributed by atoms with Crippen molar-refractivity contribution in [1.82, 2.24) is 0 Å². The summed E-state index contributed by atoms with van der Waals surface area (Å²) in [4.78, 5) is 36.0. The number of hydrogen-bond donors (Lipinski definition) is 2. The molecular formula is C23H28F2O13S. The number of fused-ring (bicyclic) bond motifs is 1. The van der Waals surface area contributed by atoms with Gasteiger partial charge in [0.1, 0.15) is 19.3 Å². The lowest BCUT2D eigenvalue weighted by atomic mass is 9.50. The van der Waals surface area contributed by atoms with E-state index in [1.807, 2.05) is 0 Å². The van der Waals surface area contributed by atoms with E-state index in [2.05, 4.69) is 4.74 Å². The van der Waals surface area contributed by atoms with E-state index < -0.39 is 81.7 Å². The molecular weight excluding hydrogens is 554 g/mol. The minimum atomic E-state index is -5.99. The molecule has 0 radical (unpaired) electrons. The minimum absolute atomic E-state index is 0.0116. The molecule has 7 fully saturated rings. The first kappa shape index (κ1) is 27.2. The van der Waals surface area contributed by atoms with Gasteiger partial charge in [-0.05, 0) is 31.6 Å². The number of hydrogen-bond acceptors (Lipinski definition) is 12. The second kappa shape index (κ2) is 8.76. The number of rotatable bonds is 10. The molecule has 3 heterocycles. The summed E-state index contributed by atoms with van der Waals surface area (Å²) in [5.41, 5.74) is -3.01. The Kier molecular flexibility index (Phi) is 6.11. The monoisotopic (exact) mass is 582 g/mol. The molecule has 3 aliphatic heterocycles. The van der Waals surface area contributed by atoms with Crippen LogP contribution in [-0.2, 0) is 52.9 Å². The molecule has 3 saturated heterocycles. The van der Waals surface area contributed by atoms with Crippen LogP contribution in [0.4, 0.5) is 8.78 Å². The molecule has 0 aromatic heterocycles. The highest BCUT2D eigenvalue weighted by molar-refractivity contribution is 7.87. The van der Waals surface area contributed by atoms with Gasteiger partial charge in [0.2, 0.25) is 0 Å². The van der Waals surface area contributed by atoms with E-state index in [1.54, 1.807) is 0 Å². The van der Waals surface area contributed by atoms with Gasteiger partial charge in [-0.2, -0.15) is 17.2 Å². The molecule has 39 heavy (non-hydrogen) atoms. The maximum Gasteiger partial charge on any atom is 0.465 e. The molecule has 16 heteroatoms. The van der Waals surface area contributed by atoms with Crippen molar-refractivity contribution in [3.63, 3.8) is 0 Å². The Labute approximate surface area is 221 Å². The molecule has 0 aromatic carbocycles. The van der Waals surface area contributed by atoms with Crippen LogP contribution in [0.5, 0.6) is 0 Å². The van der Waals surface area contributed by atoms with Gasteiger partial charge in [-0.1, -0.05) is 0 Å². The van der Waals surface area contributed by atoms with Gasteiger partial charge >= 0.3 is 33.3 Å². The van der Waals surface area contributed by atoms with Gasteiger partial charge in [-0.15, -0.1) is 0 Å². The summed E-state index contributed by atoms with van der Waals surface area (Å²) in [5, 5.41) is 6.11. The number of aliphatic hydroxyl groups is 1. The molecule has 2 N–H and O–H groups in total. The van der Waals surface area contributed by atoms with E-state index in [0.717, 1.165) is 0 Å². The number of carbonyl (C=O) groups excluding carboxylic acids is 3. The van der Waals surface area contributed by atoms with E-state index in [-0.39, 0.29) is 43.7 Å². The maximum atomic E-state index is 13.4. The van der Waals surface area contributed by atoms with Crippen molar-refractivity contribution in [3.8, 4) is 0 Å². The number of ether oxygens (including phenoxy) is 6. The predicted octanol–water partition coefficient (Wildman–Crippen LogP) is -0.126. The second-order valence-corrected chi connectivity index (χ2v) is 13.2. The summed E-state index contributed by atoms with van der Waals surface area (Å²) in [6.07, 6.45) is 0.604. The smallest absolute Gasteiger partial charge is 0.458 e. The molecule has 218 valence electrons. The largest absolute Gasteiger partial charge is 0.465 e. The molecule has 13 nitrogen and oxygen atoms in total. The molecule has 7 aliphatic rings. The highest BCUT2D eigenvalue weighted by Crippen LogP contribution is 2.61. The topological polar surface area (TPSA) is 181 Å². The zero-order valence-electron chi connectivity index (χ0n) is 20.6. The second-order valence-electron chi connectivity index (χ2n) is 11.7. The molecule has 0 amide bonds. The molecule has 9 unspecified atom stereocenters. The lowest BCUT2D eigenvalue weighted by Crippen LogP contribution is -2.67. The highest BCUT2D eigenvalue weighted by Gasteiger charge is 2.66. The van der Waals surface area contributed by atoms with E-state index in [0.29, 0.717) is 25.7 Å². The van der Waals surface area contributed by atoms with Crippen LogP contribution in [0.2, 0.25) is 0 Å². The fraction of sp³-hybridized carbons (Fsp3) is 0.870. The standard InChI is InChI=1S/C23H28F2O13S/c24-23(25,39(30,31)32)19(28)33-1-2-34-21-5-11-4-20(29,8-21)9-22(6-11,10-21)35-7-14(26)37-16-13-3-12-15(36-13)17(16)38-18(12)27/h11-13,15-17,29H,1-10H2,(H,30,31,32). The Balaban J connectivity index is 1.04.